The number of nitrogens with one attached hydrogen (secondary N) is 1. The van der Waals surface area contributed by atoms with Gasteiger partial charge in [-0.05, 0) is 17.7 Å². The van der Waals surface area contributed by atoms with Crippen LogP contribution in [0, 0.1) is 0 Å². The van der Waals surface area contributed by atoms with Crippen LogP contribution in [0.3, 0.4) is 0 Å². The number of hydrogen-bond donors (Lipinski definition) is 1. The first-order chi connectivity index (χ1) is 7.50. The van der Waals surface area contributed by atoms with E-state index in [0.29, 0.717) is 6.54 Å². The summed E-state index contributed by atoms with van der Waals surface area (Å²) in [6.07, 6.45) is 0. The van der Waals surface area contributed by atoms with Crippen LogP contribution in [0.4, 0.5) is 5.69 Å². The molecule has 0 aliphatic heterocycles. The quantitative estimate of drug-likeness (QED) is 0.834. The number of rotatable bonds is 3. The Balaban J connectivity index is 2.67. The second kappa shape index (κ2) is 5.30. The number of carbonyl (C=O) groups excluding carboxylic acids is 2. The van der Waals surface area contributed by atoms with E-state index in [1.165, 1.54) is 13.8 Å². The molecule has 1 aromatic carbocycles. The molecule has 86 valence electrons. The molecule has 1 rings (SSSR count). The van der Waals surface area contributed by atoms with E-state index in [2.05, 4.69) is 5.32 Å². The predicted octanol–water partition coefficient (Wildman–Crippen LogP) is 1.31. The highest BCUT2D eigenvalue weighted by Gasteiger charge is 2.04. The zero-order chi connectivity index (χ0) is 12.1. The summed E-state index contributed by atoms with van der Waals surface area (Å²) in [6.45, 7) is 3.52. The fraction of sp³-hybridized carbons (Fsp3) is 0.333. The molecule has 0 spiro atoms. The summed E-state index contributed by atoms with van der Waals surface area (Å²) in [5, 5.41) is 2.71. The zero-order valence-electron chi connectivity index (χ0n) is 9.78. The van der Waals surface area contributed by atoms with Crippen molar-refractivity contribution in [1.29, 1.82) is 0 Å². The van der Waals surface area contributed by atoms with E-state index in [4.69, 9.17) is 0 Å². The Labute approximate surface area is 95.3 Å². The Bertz CT molecular complexity index is 385. The van der Waals surface area contributed by atoms with Crippen molar-refractivity contribution in [2.75, 3.05) is 11.9 Å². The summed E-state index contributed by atoms with van der Waals surface area (Å²) in [4.78, 5) is 23.4. The Kier molecular flexibility index (Phi) is 4.05. The average Bonchev–Trinajstić information content (AvgIpc) is 2.26. The lowest BCUT2D eigenvalue weighted by Gasteiger charge is -2.15. The van der Waals surface area contributed by atoms with Gasteiger partial charge in [-0.2, -0.15) is 0 Å². The van der Waals surface area contributed by atoms with Gasteiger partial charge in [0.25, 0.3) is 0 Å². The first-order valence-corrected chi connectivity index (χ1v) is 5.08. The molecule has 0 atom stereocenters. The van der Waals surface area contributed by atoms with Crippen molar-refractivity contribution in [3.8, 4) is 0 Å². The molecule has 0 aromatic heterocycles. The maximum atomic E-state index is 11.1. The van der Waals surface area contributed by atoms with Gasteiger partial charge in [-0.15, -0.1) is 0 Å². The molecular weight excluding hydrogens is 204 g/mol. The minimum atomic E-state index is -0.0510. The number of hydrogen-bond acceptors (Lipinski definition) is 2. The molecule has 0 radical (unpaired) electrons. The van der Waals surface area contributed by atoms with Gasteiger partial charge in [-0.3, -0.25) is 9.59 Å². The van der Waals surface area contributed by atoms with Crippen LogP contribution in [0.2, 0.25) is 0 Å². The van der Waals surface area contributed by atoms with Gasteiger partial charge in [0.1, 0.15) is 0 Å². The van der Waals surface area contributed by atoms with Gasteiger partial charge in [-0.1, -0.05) is 12.1 Å². The van der Waals surface area contributed by atoms with Crippen molar-refractivity contribution in [1.82, 2.24) is 5.32 Å². The smallest absolute Gasteiger partial charge is 0.223 e. The van der Waals surface area contributed by atoms with Crippen molar-refractivity contribution in [3.63, 3.8) is 0 Å². The molecule has 1 aromatic rings. The molecule has 4 heteroatoms. The summed E-state index contributed by atoms with van der Waals surface area (Å²) >= 11 is 0. The monoisotopic (exact) mass is 220 g/mol. The van der Waals surface area contributed by atoms with E-state index in [1.54, 1.807) is 11.9 Å². The maximum absolute atomic E-state index is 11.1. The summed E-state index contributed by atoms with van der Waals surface area (Å²) < 4.78 is 0. The Morgan fingerprint density at radius 3 is 2.19 bits per heavy atom. The van der Waals surface area contributed by atoms with E-state index >= 15 is 0 Å². The van der Waals surface area contributed by atoms with Gasteiger partial charge in [0.05, 0.1) is 0 Å². The molecule has 0 bridgehead atoms. The van der Waals surface area contributed by atoms with E-state index in [1.807, 2.05) is 24.3 Å². The lowest BCUT2D eigenvalue weighted by Crippen LogP contribution is -2.23. The van der Waals surface area contributed by atoms with Crippen LogP contribution >= 0.6 is 0 Å². The summed E-state index contributed by atoms with van der Waals surface area (Å²) in [7, 11) is 1.73. The standard InChI is InChI=1S/C12H16N2O2/c1-9(15)13-8-11-4-6-12(7-5-11)14(3)10(2)16/h4-7H,8H2,1-3H3,(H,13,15). The predicted molar refractivity (Wildman–Crippen MR) is 63.0 cm³/mol. The number of amides is 2. The molecule has 0 aliphatic rings. The molecule has 1 N–H and O–H groups in total. The molecule has 16 heavy (non-hydrogen) atoms. The number of carbonyl (C=O) groups is 2. The second-order valence-corrected chi connectivity index (χ2v) is 3.65. The molecular formula is C12H16N2O2. The third-order valence-electron chi connectivity index (χ3n) is 2.34. The van der Waals surface area contributed by atoms with Crippen molar-refractivity contribution >= 4 is 17.5 Å². The van der Waals surface area contributed by atoms with Crippen molar-refractivity contribution < 1.29 is 9.59 Å². The van der Waals surface area contributed by atoms with E-state index < -0.39 is 0 Å². The molecule has 0 saturated carbocycles. The lowest BCUT2D eigenvalue weighted by atomic mass is 10.2. The first-order valence-electron chi connectivity index (χ1n) is 5.08. The first kappa shape index (κ1) is 12.2. The zero-order valence-corrected chi connectivity index (χ0v) is 9.78. The van der Waals surface area contributed by atoms with Crippen LogP contribution in [0.5, 0.6) is 0 Å². The Hall–Kier alpha value is -1.84. The van der Waals surface area contributed by atoms with E-state index in [0.717, 1.165) is 11.3 Å². The van der Waals surface area contributed by atoms with Gasteiger partial charge < -0.3 is 10.2 Å². The largest absolute Gasteiger partial charge is 0.352 e. The minimum absolute atomic E-state index is 0.00499. The fourth-order valence-electron chi connectivity index (χ4n) is 1.25. The molecule has 2 amide bonds. The number of nitrogens with zero attached hydrogens (tertiary/aromatic N) is 1. The third-order valence-corrected chi connectivity index (χ3v) is 2.34. The van der Waals surface area contributed by atoms with Crippen molar-refractivity contribution in [2.45, 2.75) is 20.4 Å². The summed E-state index contributed by atoms with van der Waals surface area (Å²) in [5.41, 5.74) is 1.86. The lowest BCUT2D eigenvalue weighted by molar-refractivity contribution is -0.119. The van der Waals surface area contributed by atoms with Gasteiger partial charge in [0, 0.05) is 33.1 Å². The van der Waals surface area contributed by atoms with Crippen LogP contribution in [0.15, 0.2) is 24.3 Å². The minimum Gasteiger partial charge on any atom is -0.352 e. The van der Waals surface area contributed by atoms with Gasteiger partial charge in [0.15, 0.2) is 0 Å². The molecule has 0 saturated heterocycles. The third kappa shape index (κ3) is 3.38. The topological polar surface area (TPSA) is 49.4 Å². The van der Waals surface area contributed by atoms with Crippen molar-refractivity contribution in [3.05, 3.63) is 29.8 Å². The van der Waals surface area contributed by atoms with Gasteiger partial charge in [-0.25, -0.2) is 0 Å². The summed E-state index contributed by atoms with van der Waals surface area (Å²) in [5.74, 6) is -0.0560. The van der Waals surface area contributed by atoms with E-state index in [9.17, 15) is 9.59 Å². The molecule has 0 aliphatic carbocycles. The SMILES string of the molecule is CC(=O)NCc1ccc(N(C)C(C)=O)cc1. The molecule has 0 fully saturated rings. The molecule has 0 heterocycles. The Morgan fingerprint density at radius 2 is 1.75 bits per heavy atom. The van der Waals surface area contributed by atoms with Crippen molar-refractivity contribution in [2.24, 2.45) is 0 Å². The normalized spacial score (nSPS) is 9.69. The molecule has 4 nitrogen and oxygen atoms in total. The van der Waals surface area contributed by atoms with Gasteiger partial charge in [0.2, 0.25) is 11.8 Å². The van der Waals surface area contributed by atoms with Crippen LogP contribution in [0.25, 0.3) is 0 Å². The highest BCUT2D eigenvalue weighted by molar-refractivity contribution is 5.90. The highest BCUT2D eigenvalue weighted by atomic mass is 16.2. The van der Waals surface area contributed by atoms with Crippen LogP contribution in [-0.4, -0.2) is 18.9 Å². The second-order valence-electron chi connectivity index (χ2n) is 3.65. The average molecular weight is 220 g/mol. The fourth-order valence-corrected chi connectivity index (χ4v) is 1.25. The van der Waals surface area contributed by atoms with E-state index in [-0.39, 0.29) is 11.8 Å². The van der Waals surface area contributed by atoms with Crippen LogP contribution in [0.1, 0.15) is 19.4 Å². The number of anilines is 1. The van der Waals surface area contributed by atoms with Gasteiger partial charge >= 0.3 is 0 Å². The Morgan fingerprint density at radius 1 is 1.19 bits per heavy atom. The summed E-state index contributed by atoms with van der Waals surface area (Å²) in [6, 6.07) is 7.51. The maximum Gasteiger partial charge on any atom is 0.223 e. The molecule has 0 unspecified atom stereocenters. The highest BCUT2D eigenvalue weighted by Crippen LogP contribution is 2.13. The number of benzene rings is 1. The van der Waals surface area contributed by atoms with Crippen LogP contribution < -0.4 is 10.2 Å². The van der Waals surface area contributed by atoms with Crippen LogP contribution in [-0.2, 0) is 16.1 Å².